The molecule has 0 saturated carbocycles. The molecule has 4 atom stereocenters. The summed E-state index contributed by atoms with van der Waals surface area (Å²) < 4.78 is 26.5. The summed E-state index contributed by atoms with van der Waals surface area (Å²) in [6, 6.07) is 3.54. The number of unbranched alkanes of at least 4 members (excludes halogenated alkanes) is 3. The molecule has 0 amide bonds. The van der Waals surface area contributed by atoms with Gasteiger partial charge in [-0.15, -0.1) is 0 Å². The predicted molar refractivity (Wildman–Crippen MR) is 117 cm³/mol. The Hall–Kier alpha value is -1.41. The summed E-state index contributed by atoms with van der Waals surface area (Å²) in [4.78, 5) is 11.3. The quantitative estimate of drug-likeness (QED) is 0.260. The highest BCUT2D eigenvalue weighted by Gasteiger charge is 2.57. The molecule has 1 fully saturated rings. The van der Waals surface area contributed by atoms with E-state index < -0.39 is 11.7 Å². The van der Waals surface area contributed by atoms with Crippen LogP contribution >= 0.6 is 0 Å². The highest BCUT2D eigenvalue weighted by Crippen LogP contribution is 2.46. The minimum atomic E-state index is -0.739. The highest BCUT2D eigenvalue weighted by molar-refractivity contribution is 5.72. The molecule has 0 aliphatic carbocycles. The van der Waals surface area contributed by atoms with Gasteiger partial charge >= 0.3 is 0 Å². The first kappa shape index (κ1) is 24.9. The highest BCUT2D eigenvalue weighted by atomic mass is 16.6. The van der Waals surface area contributed by atoms with Crippen LogP contribution in [0.25, 0.3) is 0 Å². The SMILES string of the molecule is CCCCOC[C@H]1O[C@@H](c2ccc(C=O)n2N)[C@](C)(OCCCC)[C@@H]1OCCCC. The van der Waals surface area contributed by atoms with Gasteiger partial charge < -0.3 is 24.8 Å². The molecule has 1 saturated heterocycles. The molecule has 1 aliphatic rings. The lowest BCUT2D eigenvalue weighted by molar-refractivity contribution is -0.138. The molecule has 7 heteroatoms. The van der Waals surface area contributed by atoms with Crippen LogP contribution in [0.15, 0.2) is 12.1 Å². The number of carbonyl (C=O) groups excluding carboxylic acids is 1. The van der Waals surface area contributed by atoms with Gasteiger partial charge in [0.1, 0.15) is 29.6 Å². The van der Waals surface area contributed by atoms with Gasteiger partial charge in [0, 0.05) is 19.8 Å². The number of aromatic nitrogens is 1. The molecule has 172 valence electrons. The largest absolute Gasteiger partial charge is 0.379 e. The standard InChI is InChI=1S/C23H40N2O5/c1-5-8-13-27-17-20-22(28-14-9-6-2)23(4,29-15-10-7-3)21(30-20)19-12-11-18(16-26)25(19)24/h11-12,16,20-22H,5-10,13-15,17,24H2,1-4H3/t20-,21+,22-,23+/m1/s1. The van der Waals surface area contributed by atoms with E-state index in [-0.39, 0.29) is 12.2 Å². The van der Waals surface area contributed by atoms with Crippen molar-refractivity contribution in [2.24, 2.45) is 0 Å². The van der Waals surface area contributed by atoms with Crippen molar-refractivity contribution in [3.05, 3.63) is 23.5 Å². The molecule has 2 rings (SSSR count). The zero-order valence-corrected chi connectivity index (χ0v) is 19.1. The van der Waals surface area contributed by atoms with E-state index in [1.165, 1.54) is 4.68 Å². The van der Waals surface area contributed by atoms with Crippen LogP contribution in [0, 0.1) is 0 Å². The van der Waals surface area contributed by atoms with E-state index >= 15 is 0 Å². The maximum absolute atomic E-state index is 11.3. The number of carbonyl (C=O) groups is 1. The Balaban J connectivity index is 2.31. The van der Waals surface area contributed by atoms with Crippen LogP contribution in [-0.4, -0.2) is 55.2 Å². The van der Waals surface area contributed by atoms with Gasteiger partial charge in [-0.05, 0) is 38.3 Å². The lowest BCUT2D eigenvalue weighted by Crippen LogP contribution is -2.48. The molecule has 30 heavy (non-hydrogen) atoms. The molecule has 0 unspecified atom stereocenters. The fourth-order valence-electron chi connectivity index (χ4n) is 3.85. The Morgan fingerprint density at radius 2 is 1.77 bits per heavy atom. The van der Waals surface area contributed by atoms with Gasteiger partial charge in [0.15, 0.2) is 6.29 Å². The fraction of sp³-hybridized carbons (Fsp3) is 0.783. The molecule has 0 bridgehead atoms. The second-order valence-electron chi connectivity index (χ2n) is 8.18. The van der Waals surface area contributed by atoms with Gasteiger partial charge in [-0.3, -0.25) is 9.47 Å². The number of nitrogen functional groups attached to an aromatic ring is 1. The lowest BCUT2D eigenvalue weighted by atomic mass is 9.90. The average molecular weight is 425 g/mol. The normalized spacial score (nSPS) is 26.3. The molecular formula is C23H40N2O5. The first-order valence-electron chi connectivity index (χ1n) is 11.4. The summed E-state index contributed by atoms with van der Waals surface area (Å²) in [6.07, 6.45) is 5.82. The first-order valence-corrected chi connectivity index (χ1v) is 11.4. The van der Waals surface area contributed by atoms with Crippen molar-refractivity contribution in [1.82, 2.24) is 4.68 Å². The van der Waals surface area contributed by atoms with E-state index in [0.717, 1.165) is 44.8 Å². The number of ether oxygens (including phenoxy) is 4. The van der Waals surface area contributed by atoms with Crippen molar-refractivity contribution in [1.29, 1.82) is 0 Å². The molecule has 0 aromatic carbocycles. The van der Waals surface area contributed by atoms with Gasteiger partial charge in [0.05, 0.1) is 12.3 Å². The summed E-state index contributed by atoms with van der Waals surface area (Å²) in [5.41, 5.74) is 0.365. The van der Waals surface area contributed by atoms with Crippen molar-refractivity contribution < 1.29 is 23.7 Å². The summed E-state index contributed by atoms with van der Waals surface area (Å²) in [7, 11) is 0. The summed E-state index contributed by atoms with van der Waals surface area (Å²) in [5.74, 6) is 6.20. The molecule has 7 nitrogen and oxygen atoms in total. The van der Waals surface area contributed by atoms with Crippen molar-refractivity contribution in [3.8, 4) is 0 Å². The Morgan fingerprint density at radius 1 is 1.10 bits per heavy atom. The maximum Gasteiger partial charge on any atom is 0.168 e. The molecule has 2 N–H and O–H groups in total. The van der Waals surface area contributed by atoms with Crippen molar-refractivity contribution in [2.75, 3.05) is 32.3 Å². The fourth-order valence-corrected chi connectivity index (χ4v) is 3.85. The first-order chi connectivity index (χ1) is 14.5. The number of hydrogen-bond acceptors (Lipinski definition) is 6. The topological polar surface area (TPSA) is 84.9 Å². The number of aldehydes is 1. The summed E-state index contributed by atoms with van der Waals surface area (Å²) in [6.45, 7) is 10.8. The number of rotatable bonds is 15. The average Bonchev–Trinajstić information content (AvgIpc) is 3.23. The molecular weight excluding hydrogens is 384 g/mol. The minimum absolute atomic E-state index is 0.273. The molecule has 1 aliphatic heterocycles. The van der Waals surface area contributed by atoms with E-state index in [4.69, 9.17) is 24.8 Å². The van der Waals surface area contributed by atoms with Crippen molar-refractivity contribution in [3.63, 3.8) is 0 Å². The molecule has 0 spiro atoms. The number of nitrogens with two attached hydrogens (primary N) is 1. The lowest BCUT2D eigenvalue weighted by Gasteiger charge is -2.35. The van der Waals surface area contributed by atoms with E-state index in [1.807, 2.05) is 13.0 Å². The van der Waals surface area contributed by atoms with Gasteiger partial charge in [0.25, 0.3) is 0 Å². The van der Waals surface area contributed by atoms with Crippen LogP contribution in [0.3, 0.4) is 0 Å². The van der Waals surface area contributed by atoms with E-state index in [2.05, 4.69) is 20.8 Å². The third-order valence-corrected chi connectivity index (χ3v) is 5.74. The van der Waals surface area contributed by atoms with E-state index in [0.29, 0.717) is 37.8 Å². The van der Waals surface area contributed by atoms with Gasteiger partial charge in [-0.1, -0.05) is 40.0 Å². The second kappa shape index (κ2) is 12.4. The van der Waals surface area contributed by atoms with Crippen LogP contribution < -0.4 is 5.84 Å². The Labute approximate surface area is 181 Å². The molecule has 1 aromatic rings. The van der Waals surface area contributed by atoms with Crippen LogP contribution in [0.2, 0.25) is 0 Å². The van der Waals surface area contributed by atoms with Gasteiger partial charge in [-0.2, -0.15) is 0 Å². The van der Waals surface area contributed by atoms with Crippen LogP contribution in [0.5, 0.6) is 0 Å². The van der Waals surface area contributed by atoms with Crippen molar-refractivity contribution in [2.45, 2.75) is 90.1 Å². The zero-order chi connectivity index (χ0) is 22.0. The molecule has 0 radical (unpaired) electrons. The Kier molecular flexibility index (Phi) is 10.3. The Morgan fingerprint density at radius 3 is 2.40 bits per heavy atom. The molecule has 2 heterocycles. The summed E-state index contributed by atoms with van der Waals surface area (Å²) >= 11 is 0. The van der Waals surface area contributed by atoms with Gasteiger partial charge in [0.2, 0.25) is 0 Å². The Bertz CT molecular complexity index is 635. The number of hydrogen-bond donors (Lipinski definition) is 1. The zero-order valence-electron chi connectivity index (χ0n) is 19.1. The van der Waals surface area contributed by atoms with E-state index in [1.54, 1.807) is 6.07 Å². The maximum atomic E-state index is 11.3. The third kappa shape index (κ3) is 5.84. The smallest absolute Gasteiger partial charge is 0.168 e. The number of nitrogens with zero attached hydrogens (tertiary/aromatic N) is 1. The van der Waals surface area contributed by atoms with Crippen LogP contribution in [-0.2, 0) is 18.9 Å². The predicted octanol–water partition coefficient (Wildman–Crippen LogP) is 4.03. The van der Waals surface area contributed by atoms with Gasteiger partial charge in [-0.25, -0.2) is 0 Å². The summed E-state index contributed by atoms with van der Waals surface area (Å²) in [5, 5.41) is 0. The van der Waals surface area contributed by atoms with Crippen LogP contribution in [0.4, 0.5) is 0 Å². The van der Waals surface area contributed by atoms with Crippen molar-refractivity contribution >= 4 is 6.29 Å². The van der Waals surface area contributed by atoms with E-state index in [9.17, 15) is 4.79 Å². The monoisotopic (exact) mass is 424 g/mol. The minimum Gasteiger partial charge on any atom is -0.379 e. The second-order valence-corrected chi connectivity index (χ2v) is 8.18. The van der Waals surface area contributed by atoms with Crippen LogP contribution in [0.1, 0.15) is 88.5 Å². The third-order valence-electron chi connectivity index (χ3n) is 5.74. The molecule has 1 aromatic heterocycles.